The van der Waals surface area contributed by atoms with Crippen molar-refractivity contribution >= 4 is 32.7 Å². The van der Waals surface area contributed by atoms with Crippen LogP contribution in [0.5, 0.6) is 0 Å². The number of benzene rings is 2. The van der Waals surface area contributed by atoms with Gasteiger partial charge in [0.05, 0.1) is 10.8 Å². The first-order valence-corrected chi connectivity index (χ1v) is 12.8. The Bertz CT molecular complexity index is 1510. The minimum Gasteiger partial charge on any atom is -0.422 e. The van der Waals surface area contributed by atoms with Gasteiger partial charge in [-0.05, 0) is 44.9 Å². The Labute approximate surface area is 213 Å². The SMILES string of the molecule is CC(C)(C)c1cc(C(C)(C)C)c2oc(=O)c3c4cc(C(C)(C)C)cc(C(C)(C)C)c4oc(=O)c3c2c1. The quantitative estimate of drug-likeness (QED) is 0.185. The number of fused-ring (bicyclic) bond motifs is 5. The van der Waals surface area contributed by atoms with Crippen LogP contribution in [0.15, 0.2) is 42.7 Å². The van der Waals surface area contributed by atoms with Crippen molar-refractivity contribution in [2.24, 2.45) is 0 Å². The molecule has 0 saturated heterocycles. The first-order chi connectivity index (χ1) is 16.2. The zero-order valence-electron chi connectivity index (χ0n) is 23.9. The molecule has 0 amide bonds. The van der Waals surface area contributed by atoms with Crippen molar-refractivity contribution in [1.82, 2.24) is 0 Å². The van der Waals surface area contributed by atoms with Crippen molar-refractivity contribution < 1.29 is 8.83 Å². The Morgan fingerprint density at radius 1 is 0.472 bits per heavy atom. The van der Waals surface area contributed by atoms with Crippen molar-refractivity contribution in [2.45, 2.75) is 105 Å². The van der Waals surface area contributed by atoms with E-state index in [2.05, 4.69) is 95.2 Å². The molecule has 0 aliphatic rings. The molecule has 2 aromatic carbocycles. The van der Waals surface area contributed by atoms with E-state index < -0.39 is 11.3 Å². The molecule has 0 aliphatic heterocycles. The molecule has 192 valence electrons. The molecule has 2 heterocycles. The fourth-order valence-corrected chi connectivity index (χ4v) is 4.81. The van der Waals surface area contributed by atoms with Gasteiger partial charge in [-0.1, -0.05) is 95.2 Å². The highest BCUT2D eigenvalue weighted by Crippen LogP contribution is 2.40. The maximum absolute atomic E-state index is 13.7. The normalized spacial score (nSPS) is 13.8. The first kappa shape index (κ1) is 26.2. The van der Waals surface area contributed by atoms with Gasteiger partial charge in [0.2, 0.25) is 0 Å². The van der Waals surface area contributed by atoms with Gasteiger partial charge >= 0.3 is 11.3 Å². The van der Waals surface area contributed by atoms with Crippen LogP contribution >= 0.6 is 0 Å². The van der Waals surface area contributed by atoms with Crippen LogP contribution in [0.2, 0.25) is 0 Å². The monoisotopic (exact) mass is 488 g/mol. The average Bonchev–Trinajstić information content (AvgIpc) is 2.69. The number of hydrogen-bond acceptors (Lipinski definition) is 4. The van der Waals surface area contributed by atoms with E-state index in [-0.39, 0.29) is 21.7 Å². The van der Waals surface area contributed by atoms with Crippen molar-refractivity contribution in [3.8, 4) is 0 Å². The van der Waals surface area contributed by atoms with Crippen LogP contribution in [0.1, 0.15) is 105 Å². The van der Waals surface area contributed by atoms with Gasteiger partial charge in [0, 0.05) is 21.9 Å². The third-order valence-electron chi connectivity index (χ3n) is 7.11. The van der Waals surface area contributed by atoms with E-state index in [1.807, 2.05) is 12.1 Å². The Kier molecular flexibility index (Phi) is 5.68. The Morgan fingerprint density at radius 2 is 0.778 bits per heavy atom. The molecule has 2 aromatic heterocycles. The van der Waals surface area contributed by atoms with E-state index >= 15 is 0 Å². The summed E-state index contributed by atoms with van der Waals surface area (Å²) in [4.78, 5) is 27.4. The lowest BCUT2D eigenvalue weighted by molar-refractivity contribution is 0.521. The number of hydrogen-bond donors (Lipinski definition) is 0. The second kappa shape index (κ2) is 7.81. The van der Waals surface area contributed by atoms with Crippen molar-refractivity contribution in [3.05, 3.63) is 67.4 Å². The van der Waals surface area contributed by atoms with Crippen molar-refractivity contribution in [2.75, 3.05) is 0 Å². The van der Waals surface area contributed by atoms with E-state index in [1.54, 1.807) is 0 Å². The van der Waals surface area contributed by atoms with Gasteiger partial charge in [-0.15, -0.1) is 0 Å². The van der Waals surface area contributed by atoms with Gasteiger partial charge in [-0.3, -0.25) is 0 Å². The van der Waals surface area contributed by atoms with Crippen LogP contribution in [0.3, 0.4) is 0 Å². The maximum Gasteiger partial charge on any atom is 0.345 e. The third kappa shape index (κ3) is 4.29. The van der Waals surface area contributed by atoms with Gasteiger partial charge in [-0.2, -0.15) is 0 Å². The molecule has 4 heteroatoms. The summed E-state index contributed by atoms with van der Waals surface area (Å²) in [6.07, 6.45) is 0. The lowest BCUT2D eigenvalue weighted by Gasteiger charge is -2.27. The van der Waals surface area contributed by atoms with Crippen LogP contribution in [-0.2, 0) is 21.7 Å². The summed E-state index contributed by atoms with van der Waals surface area (Å²) in [6.45, 7) is 25.4. The third-order valence-corrected chi connectivity index (χ3v) is 7.11. The summed E-state index contributed by atoms with van der Waals surface area (Å²) in [5, 5.41) is 1.87. The van der Waals surface area contributed by atoms with Crippen molar-refractivity contribution in [3.63, 3.8) is 0 Å². The lowest BCUT2D eigenvalue weighted by atomic mass is 9.78. The molecule has 4 aromatic rings. The Morgan fingerprint density at radius 3 is 1.03 bits per heavy atom. The summed E-state index contributed by atoms with van der Waals surface area (Å²) in [5.74, 6) is 0. The molecule has 0 aliphatic carbocycles. The van der Waals surface area contributed by atoms with Crippen LogP contribution in [0.4, 0.5) is 0 Å². The van der Waals surface area contributed by atoms with Crippen molar-refractivity contribution in [1.29, 1.82) is 0 Å². The Balaban J connectivity index is 2.37. The van der Waals surface area contributed by atoms with Crippen LogP contribution < -0.4 is 11.3 Å². The maximum atomic E-state index is 13.7. The minimum absolute atomic E-state index is 0.160. The minimum atomic E-state index is -0.504. The smallest absolute Gasteiger partial charge is 0.345 e. The molecule has 0 radical (unpaired) electrons. The zero-order valence-corrected chi connectivity index (χ0v) is 23.9. The second-order valence-electron chi connectivity index (χ2n) is 14.3. The second-order valence-corrected chi connectivity index (χ2v) is 14.3. The van der Waals surface area contributed by atoms with E-state index in [9.17, 15) is 9.59 Å². The largest absolute Gasteiger partial charge is 0.422 e. The van der Waals surface area contributed by atoms with E-state index in [1.165, 1.54) is 0 Å². The summed E-state index contributed by atoms with van der Waals surface area (Å²) in [7, 11) is 0. The molecule has 0 atom stereocenters. The highest BCUT2D eigenvalue weighted by molar-refractivity contribution is 6.14. The predicted molar refractivity (Wildman–Crippen MR) is 151 cm³/mol. The van der Waals surface area contributed by atoms with E-state index in [0.717, 1.165) is 22.3 Å². The van der Waals surface area contributed by atoms with Crippen LogP contribution in [-0.4, -0.2) is 0 Å². The van der Waals surface area contributed by atoms with Gasteiger partial charge in [0.15, 0.2) is 0 Å². The molecule has 36 heavy (non-hydrogen) atoms. The molecule has 4 rings (SSSR count). The summed E-state index contributed by atoms with van der Waals surface area (Å²) >= 11 is 0. The fraction of sp³-hybridized carbons (Fsp3) is 0.500. The molecule has 0 saturated carbocycles. The van der Waals surface area contributed by atoms with E-state index in [0.29, 0.717) is 32.7 Å². The standard InChI is InChI=1S/C32H40O4/c1-29(2,3)17-13-19-23-24(28(34)35-25(19)21(15-17)31(7,8)9)20-14-18(30(4,5)6)16-22(32(10,11)12)26(20)36-27(23)33/h13-16H,1-12H3. The zero-order chi connectivity index (χ0) is 27.2. The highest BCUT2D eigenvalue weighted by atomic mass is 16.4. The molecule has 0 N–H and O–H groups in total. The fourth-order valence-electron chi connectivity index (χ4n) is 4.81. The molecule has 0 fully saturated rings. The molecule has 0 unspecified atom stereocenters. The Hall–Kier alpha value is -2.88. The molecule has 0 bridgehead atoms. The molecule has 4 nitrogen and oxygen atoms in total. The van der Waals surface area contributed by atoms with Gasteiger partial charge < -0.3 is 8.83 Å². The molecular weight excluding hydrogens is 448 g/mol. The van der Waals surface area contributed by atoms with E-state index in [4.69, 9.17) is 8.83 Å². The molecular formula is C32H40O4. The van der Waals surface area contributed by atoms with Crippen LogP contribution in [0.25, 0.3) is 32.7 Å². The number of rotatable bonds is 0. The topological polar surface area (TPSA) is 60.4 Å². The summed E-state index contributed by atoms with van der Waals surface area (Å²) in [5.41, 5.74) is 2.97. The molecule has 0 spiro atoms. The predicted octanol–water partition coefficient (Wildman–Crippen LogP) is 8.24. The highest BCUT2D eigenvalue weighted by Gasteiger charge is 2.29. The van der Waals surface area contributed by atoms with Gasteiger partial charge in [0.1, 0.15) is 11.2 Å². The summed E-state index contributed by atoms with van der Waals surface area (Å²) < 4.78 is 12.2. The first-order valence-electron chi connectivity index (χ1n) is 12.8. The van der Waals surface area contributed by atoms with Crippen LogP contribution in [0, 0.1) is 0 Å². The average molecular weight is 489 g/mol. The van der Waals surface area contributed by atoms with Gasteiger partial charge in [-0.25, -0.2) is 9.59 Å². The van der Waals surface area contributed by atoms with Gasteiger partial charge in [0.25, 0.3) is 0 Å². The summed E-state index contributed by atoms with van der Waals surface area (Å²) in [6, 6.07) is 8.21. The lowest BCUT2D eigenvalue weighted by Crippen LogP contribution is -2.20.